The van der Waals surface area contributed by atoms with Gasteiger partial charge < -0.3 is 0 Å². The molecule has 5 nitrogen and oxygen atoms in total. The quantitative estimate of drug-likeness (QED) is 0.366. The standard InChI is InChI=1S/C8H2F5NO4S/c9-4-3(1-17-19(15,16)18-2-14)5(10)7(12)8(13)6(4)11/h1H2. The second-order valence-corrected chi connectivity index (χ2v) is 4.11. The Kier molecular flexibility index (Phi) is 4.28. The first-order chi connectivity index (χ1) is 8.71. The van der Waals surface area contributed by atoms with Crippen LogP contribution >= 0.6 is 0 Å². The van der Waals surface area contributed by atoms with Gasteiger partial charge in [-0.1, -0.05) is 0 Å². The van der Waals surface area contributed by atoms with E-state index in [1.165, 1.54) is 0 Å². The molecule has 0 fully saturated rings. The smallest absolute Gasteiger partial charge is 0.281 e. The van der Waals surface area contributed by atoms with Gasteiger partial charge in [0, 0.05) is 0 Å². The van der Waals surface area contributed by atoms with Gasteiger partial charge in [0.2, 0.25) is 5.82 Å². The molecular weight excluding hydrogens is 301 g/mol. The SMILES string of the molecule is N#COS(=O)(=O)OCc1c(F)c(F)c(F)c(F)c1F. The molecule has 0 aliphatic carbocycles. The maximum absolute atomic E-state index is 13.1. The number of nitriles is 1. The lowest BCUT2D eigenvalue weighted by atomic mass is 10.2. The van der Waals surface area contributed by atoms with Gasteiger partial charge in [-0.25, -0.2) is 26.1 Å². The number of nitrogens with zero attached hydrogens (tertiary/aromatic N) is 1. The molecule has 0 N–H and O–H groups in total. The van der Waals surface area contributed by atoms with Crippen LogP contribution in [0.2, 0.25) is 0 Å². The van der Waals surface area contributed by atoms with Gasteiger partial charge in [-0.2, -0.15) is 8.42 Å². The third-order valence-corrected chi connectivity index (χ3v) is 2.47. The van der Waals surface area contributed by atoms with Crippen LogP contribution in [0.4, 0.5) is 22.0 Å². The number of halogens is 5. The normalized spacial score (nSPS) is 11.2. The van der Waals surface area contributed by atoms with Crippen molar-refractivity contribution in [2.24, 2.45) is 0 Å². The minimum absolute atomic E-state index is 0.697. The van der Waals surface area contributed by atoms with Crippen LogP contribution in [-0.4, -0.2) is 8.42 Å². The highest BCUT2D eigenvalue weighted by Crippen LogP contribution is 2.24. The van der Waals surface area contributed by atoms with E-state index in [0.29, 0.717) is 6.26 Å². The fraction of sp³-hybridized carbons (Fsp3) is 0.125. The van der Waals surface area contributed by atoms with Gasteiger partial charge in [-0.3, -0.25) is 4.18 Å². The molecule has 0 atom stereocenters. The Morgan fingerprint density at radius 1 is 0.947 bits per heavy atom. The summed E-state index contributed by atoms with van der Waals surface area (Å²) < 4.78 is 92.7. The molecule has 104 valence electrons. The third-order valence-electron chi connectivity index (χ3n) is 1.79. The first-order valence-electron chi connectivity index (χ1n) is 4.18. The van der Waals surface area contributed by atoms with Gasteiger partial charge in [-0.05, 0) is 0 Å². The van der Waals surface area contributed by atoms with Gasteiger partial charge in [0.25, 0.3) is 0 Å². The van der Waals surface area contributed by atoms with E-state index in [4.69, 9.17) is 5.26 Å². The van der Waals surface area contributed by atoms with Crippen LogP contribution in [0, 0.1) is 40.6 Å². The van der Waals surface area contributed by atoms with Crippen molar-refractivity contribution in [2.75, 3.05) is 0 Å². The van der Waals surface area contributed by atoms with Gasteiger partial charge in [-0.15, -0.1) is 5.26 Å². The Hall–Kier alpha value is -1.93. The van der Waals surface area contributed by atoms with Crippen LogP contribution in [0.1, 0.15) is 5.56 Å². The summed E-state index contributed by atoms with van der Waals surface area (Å²) in [4.78, 5) is 0. The molecule has 0 saturated carbocycles. The molecule has 1 aromatic rings. The molecule has 0 bridgehead atoms. The number of hydrogen-bond acceptors (Lipinski definition) is 5. The summed E-state index contributed by atoms with van der Waals surface area (Å²) >= 11 is 0. The molecule has 0 unspecified atom stereocenters. The molecule has 0 aromatic heterocycles. The van der Waals surface area contributed by atoms with E-state index in [-0.39, 0.29) is 0 Å². The van der Waals surface area contributed by atoms with Crippen molar-refractivity contribution in [3.63, 3.8) is 0 Å². The molecule has 0 saturated heterocycles. The first-order valence-corrected chi connectivity index (χ1v) is 5.51. The Balaban J connectivity index is 3.14. The molecule has 0 amide bonds. The number of benzene rings is 1. The summed E-state index contributed by atoms with van der Waals surface area (Å²) in [6.45, 7) is -1.53. The van der Waals surface area contributed by atoms with E-state index in [0.717, 1.165) is 0 Å². The lowest BCUT2D eigenvalue weighted by Gasteiger charge is -2.07. The highest BCUT2D eigenvalue weighted by molar-refractivity contribution is 7.82. The minimum Gasteiger partial charge on any atom is -0.281 e. The zero-order chi connectivity index (χ0) is 14.8. The number of rotatable bonds is 4. The Labute approximate surface area is 103 Å². The molecule has 0 radical (unpaired) electrons. The van der Waals surface area contributed by atoms with Crippen LogP contribution in [0.15, 0.2) is 0 Å². The molecule has 1 aromatic carbocycles. The molecule has 1 rings (SSSR count). The van der Waals surface area contributed by atoms with Gasteiger partial charge in [0.05, 0.1) is 5.56 Å². The van der Waals surface area contributed by atoms with Gasteiger partial charge in [0.1, 0.15) is 6.61 Å². The highest BCUT2D eigenvalue weighted by atomic mass is 32.3. The van der Waals surface area contributed by atoms with Crippen LogP contribution in [0.3, 0.4) is 0 Å². The molecule has 0 aliphatic heterocycles. The Morgan fingerprint density at radius 2 is 1.37 bits per heavy atom. The van der Waals surface area contributed by atoms with Crippen molar-refractivity contribution in [1.29, 1.82) is 5.26 Å². The van der Waals surface area contributed by atoms with Gasteiger partial charge in [0.15, 0.2) is 23.3 Å². The Bertz CT molecular complexity index is 625. The first kappa shape index (κ1) is 15.1. The van der Waals surface area contributed by atoms with Crippen LogP contribution in [0.25, 0.3) is 0 Å². The van der Waals surface area contributed by atoms with Crippen molar-refractivity contribution in [2.45, 2.75) is 6.61 Å². The second-order valence-electron chi connectivity index (χ2n) is 2.89. The fourth-order valence-electron chi connectivity index (χ4n) is 0.978. The van der Waals surface area contributed by atoms with Crippen LogP contribution < -0.4 is 0 Å². The average Bonchev–Trinajstić information content (AvgIpc) is 2.34. The summed E-state index contributed by atoms with van der Waals surface area (Å²) in [6.07, 6.45) is 0.697. The monoisotopic (exact) mass is 303 g/mol. The van der Waals surface area contributed by atoms with Crippen molar-refractivity contribution >= 4 is 10.4 Å². The summed E-state index contributed by atoms with van der Waals surface area (Å²) in [6, 6.07) is 0. The molecular formula is C8H2F5NO4S. The van der Waals surface area contributed by atoms with Crippen LogP contribution in [0.5, 0.6) is 0 Å². The van der Waals surface area contributed by atoms with E-state index in [1.807, 2.05) is 0 Å². The molecule has 11 heteroatoms. The molecule has 0 aliphatic rings. The lowest BCUT2D eigenvalue weighted by Crippen LogP contribution is -2.12. The van der Waals surface area contributed by atoms with Crippen molar-refractivity contribution in [3.05, 3.63) is 34.6 Å². The summed E-state index contributed by atoms with van der Waals surface area (Å²) in [5, 5.41) is 7.88. The highest BCUT2D eigenvalue weighted by Gasteiger charge is 2.27. The van der Waals surface area contributed by atoms with E-state index in [9.17, 15) is 30.4 Å². The van der Waals surface area contributed by atoms with E-state index < -0.39 is 51.7 Å². The van der Waals surface area contributed by atoms with Crippen LogP contribution in [-0.2, 0) is 25.4 Å². The number of hydrogen-bond donors (Lipinski definition) is 0. The summed E-state index contributed by atoms with van der Waals surface area (Å²) in [5.74, 6) is -11.4. The zero-order valence-electron chi connectivity index (χ0n) is 8.59. The minimum atomic E-state index is -4.93. The third kappa shape index (κ3) is 3.09. The van der Waals surface area contributed by atoms with Gasteiger partial charge >= 0.3 is 16.7 Å². The predicted octanol–water partition coefficient (Wildman–Crippen LogP) is 1.64. The second kappa shape index (κ2) is 5.37. The molecule has 19 heavy (non-hydrogen) atoms. The lowest BCUT2D eigenvalue weighted by molar-refractivity contribution is 0.242. The van der Waals surface area contributed by atoms with Crippen molar-refractivity contribution < 1.29 is 38.7 Å². The summed E-state index contributed by atoms with van der Waals surface area (Å²) in [7, 11) is -4.93. The fourth-order valence-corrected chi connectivity index (χ4v) is 1.38. The largest absolute Gasteiger partial charge is 0.459 e. The molecule has 0 heterocycles. The zero-order valence-corrected chi connectivity index (χ0v) is 9.40. The maximum Gasteiger partial charge on any atom is 0.459 e. The average molecular weight is 303 g/mol. The topological polar surface area (TPSA) is 76.4 Å². The van der Waals surface area contributed by atoms with E-state index in [1.54, 1.807) is 0 Å². The Morgan fingerprint density at radius 3 is 1.79 bits per heavy atom. The van der Waals surface area contributed by atoms with Crippen molar-refractivity contribution in [1.82, 2.24) is 0 Å². The maximum atomic E-state index is 13.1. The summed E-state index contributed by atoms with van der Waals surface area (Å²) in [5.41, 5.74) is -1.51. The van der Waals surface area contributed by atoms with Crippen molar-refractivity contribution in [3.8, 4) is 6.26 Å². The van der Waals surface area contributed by atoms with E-state index in [2.05, 4.69) is 8.37 Å². The predicted molar refractivity (Wildman–Crippen MR) is 46.6 cm³/mol. The molecule has 0 spiro atoms. The van der Waals surface area contributed by atoms with E-state index >= 15 is 0 Å².